The quantitative estimate of drug-likeness (QED) is 0.00729. The van der Waals surface area contributed by atoms with Gasteiger partial charge in [0, 0.05) is 91.1 Å². The SMILES string of the molecule is CCOC(=O)/C(=C\N(C)C)C(=O)c1sc(SC)nc1N=CN(C)C.CCOC(=O)CC(=O)c1sc(SC)nc1N.CCOC(=O)c1c[nH]c2nc(SC)sc2c1=O.CCOC(=O)c1cn(C)c2nc(SC)sc2c1=O.II. The summed E-state index contributed by atoms with van der Waals surface area (Å²) in [6, 6.07) is 0. The number of thiazole rings is 4. The van der Waals surface area contributed by atoms with E-state index in [4.69, 9.17) is 19.9 Å². The van der Waals surface area contributed by atoms with Gasteiger partial charge in [0.1, 0.15) is 48.1 Å². The van der Waals surface area contributed by atoms with Gasteiger partial charge in [-0.3, -0.25) is 24.0 Å². The number of aliphatic imine (C=N–C) groups is 1. The number of nitrogen functional groups attached to an aromatic ring is 1. The van der Waals surface area contributed by atoms with Crippen LogP contribution < -0.4 is 16.6 Å². The molecule has 32 heteroatoms. The lowest BCUT2D eigenvalue weighted by atomic mass is 10.1. The fourth-order valence-corrected chi connectivity index (χ4v) is 11.4. The Kier molecular flexibility index (Phi) is 31.7. The third-order valence-electron chi connectivity index (χ3n) is 8.63. The van der Waals surface area contributed by atoms with Gasteiger partial charge in [-0.1, -0.05) is 47.0 Å². The minimum atomic E-state index is -0.655. The van der Waals surface area contributed by atoms with Gasteiger partial charge >= 0.3 is 23.9 Å². The molecule has 0 aromatic carbocycles. The van der Waals surface area contributed by atoms with Gasteiger partial charge in [-0.2, -0.15) is 0 Å². The molecule has 0 spiro atoms. The molecule has 0 atom stereocenters. The standard InChI is InChI=1S/C15H22N4O3S2.C11H12N2O3S2.C10H10N2O3S2.C9H12N2O3S2.I2/c1-7-22-14(21)10(8-18(2)3)11(20)12-13(16-9-19(4)5)17-15(23-6)24-12;1-4-16-10(15)6-5-13(2)9-8(7(6)14)18-11(12-9)17-3;1-3-15-9(14)5-4-11-8-7(6(5)13)17-10(12-8)16-2;1-3-14-6(13)4-5(12)7-8(10)11-9(15-2)16-7;1-2/h8-9H,7H2,1-6H3;5H,4H2,1-3H3;4H,3H2,1-2H3,(H,11,13);3-4,10H2,1-2H3;/b10-8-,16-9?;;;;. The zero-order valence-electron chi connectivity index (χ0n) is 43.9. The van der Waals surface area contributed by atoms with Crippen molar-refractivity contribution in [2.75, 3.05) is 85.4 Å². The maximum Gasteiger partial charge on any atom is 0.343 e. The average Bonchev–Trinajstić information content (AvgIpc) is 4.23. The van der Waals surface area contributed by atoms with Crippen LogP contribution in [0.5, 0.6) is 0 Å². The number of aromatic amines is 1. The summed E-state index contributed by atoms with van der Waals surface area (Å²) < 4.78 is 25.0. The normalized spacial score (nSPS) is 10.7. The number of carbonyl (C=O) groups is 6. The van der Waals surface area contributed by atoms with E-state index in [0.717, 1.165) is 8.68 Å². The first-order valence-corrected chi connectivity index (χ1v) is 36.5. The van der Waals surface area contributed by atoms with Crippen LogP contribution in [0.3, 0.4) is 0 Å². The van der Waals surface area contributed by atoms with E-state index >= 15 is 0 Å². The summed E-state index contributed by atoms with van der Waals surface area (Å²) >= 11 is 15.0. The van der Waals surface area contributed by atoms with Crippen molar-refractivity contribution in [2.24, 2.45) is 12.0 Å². The molecule has 6 aromatic rings. The van der Waals surface area contributed by atoms with Crippen molar-refractivity contribution in [3.63, 3.8) is 0 Å². The van der Waals surface area contributed by atoms with E-state index in [1.807, 2.05) is 39.1 Å². The number of rotatable bonds is 19. The van der Waals surface area contributed by atoms with Crippen LogP contribution in [0.4, 0.5) is 11.6 Å². The van der Waals surface area contributed by atoms with Crippen LogP contribution in [0.2, 0.25) is 0 Å². The molecule has 0 aliphatic rings. The Bertz CT molecular complexity index is 3170. The molecular formula is C45H56I2N10O12S8. The highest BCUT2D eigenvalue weighted by atomic mass is 128. The molecule has 0 saturated heterocycles. The lowest BCUT2D eigenvalue weighted by molar-refractivity contribution is -0.142. The molecule has 0 unspecified atom stereocenters. The lowest BCUT2D eigenvalue weighted by Crippen LogP contribution is -2.19. The van der Waals surface area contributed by atoms with Gasteiger partial charge in [-0.25, -0.2) is 39.3 Å². The van der Waals surface area contributed by atoms with Gasteiger partial charge in [-0.15, -0.1) is 45.3 Å². The lowest BCUT2D eigenvalue weighted by Gasteiger charge is -2.10. The largest absolute Gasteiger partial charge is 0.466 e. The fraction of sp³-hybridized carbons (Fsp3) is 0.400. The number of halogens is 2. The topological polar surface area (TPSA) is 291 Å². The highest BCUT2D eigenvalue weighted by Crippen LogP contribution is 2.33. The number of H-pyrrole nitrogens is 1. The van der Waals surface area contributed by atoms with Crippen LogP contribution in [0.1, 0.15) is 74.2 Å². The number of nitrogens with zero attached hydrogens (tertiary/aromatic N) is 8. The summed E-state index contributed by atoms with van der Waals surface area (Å²) in [7, 11) is 8.87. The Morgan fingerprint density at radius 2 is 1.21 bits per heavy atom. The van der Waals surface area contributed by atoms with E-state index in [9.17, 15) is 38.4 Å². The number of esters is 4. The number of thioether (sulfide) groups is 4. The Labute approximate surface area is 500 Å². The molecule has 0 radical (unpaired) electrons. The van der Waals surface area contributed by atoms with Gasteiger partial charge in [0.05, 0.1) is 32.8 Å². The summed E-state index contributed by atoms with van der Waals surface area (Å²) in [4.78, 5) is 123. The molecule has 3 N–H and O–H groups in total. The van der Waals surface area contributed by atoms with E-state index in [1.54, 1.807) is 69.5 Å². The summed E-state index contributed by atoms with van der Waals surface area (Å²) in [5.74, 6) is -2.67. The second-order valence-electron chi connectivity index (χ2n) is 14.6. The molecule has 0 aliphatic heterocycles. The zero-order chi connectivity index (χ0) is 58.1. The third-order valence-corrected chi connectivity index (χ3v) is 16.8. The number of hydrogen-bond acceptors (Lipinski definition) is 27. The van der Waals surface area contributed by atoms with E-state index in [-0.39, 0.29) is 72.0 Å². The first-order chi connectivity index (χ1) is 36.6. The van der Waals surface area contributed by atoms with Crippen molar-refractivity contribution in [1.29, 1.82) is 0 Å². The number of ketones is 2. The summed E-state index contributed by atoms with van der Waals surface area (Å²) in [5, 5.41) is 0. The number of hydrogen-bond donors (Lipinski definition) is 2. The van der Waals surface area contributed by atoms with Crippen molar-refractivity contribution >= 4 is 204 Å². The second kappa shape index (κ2) is 35.4. The molecule has 0 amide bonds. The predicted octanol–water partition coefficient (Wildman–Crippen LogP) is 9.41. The number of fused-ring (bicyclic) bond motifs is 2. The van der Waals surface area contributed by atoms with Gasteiger partial charge < -0.3 is 44.0 Å². The first kappa shape index (κ1) is 68.9. The molecule has 6 heterocycles. The number of pyridine rings is 2. The van der Waals surface area contributed by atoms with Crippen LogP contribution in [0, 0.1) is 0 Å². The molecule has 6 rings (SSSR count). The van der Waals surface area contributed by atoms with E-state index in [1.165, 1.54) is 111 Å². The van der Waals surface area contributed by atoms with Gasteiger partial charge in [0.15, 0.2) is 40.3 Å². The van der Waals surface area contributed by atoms with Crippen molar-refractivity contribution in [2.45, 2.75) is 51.5 Å². The Hall–Kier alpha value is -4.17. The average molecular weight is 1440 g/mol. The van der Waals surface area contributed by atoms with E-state index in [0.29, 0.717) is 44.9 Å². The second-order valence-corrected chi connectivity index (χ2v) is 22.8. The Morgan fingerprint density at radius 3 is 1.74 bits per heavy atom. The smallest absolute Gasteiger partial charge is 0.343 e. The minimum Gasteiger partial charge on any atom is -0.466 e. The number of ether oxygens (including phenoxy) is 4. The van der Waals surface area contributed by atoms with Crippen molar-refractivity contribution in [3.05, 3.63) is 65.5 Å². The van der Waals surface area contributed by atoms with Crippen molar-refractivity contribution in [3.8, 4) is 0 Å². The highest BCUT2D eigenvalue weighted by molar-refractivity contribution is 15.0. The summed E-state index contributed by atoms with van der Waals surface area (Å²) in [6.07, 6.45) is 13.1. The molecule has 0 bridgehead atoms. The maximum atomic E-state index is 12.9. The fourth-order valence-electron chi connectivity index (χ4n) is 5.49. The van der Waals surface area contributed by atoms with Gasteiger partial charge in [-0.05, 0) is 52.7 Å². The van der Waals surface area contributed by atoms with Crippen LogP contribution in [-0.4, -0.2) is 161 Å². The minimum absolute atomic E-state index is 0.0238. The Morgan fingerprint density at radius 1 is 0.701 bits per heavy atom. The molecule has 22 nitrogen and oxygen atoms in total. The molecule has 6 aromatic heterocycles. The third kappa shape index (κ3) is 20.8. The number of aromatic nitrogens is 6. The van der Waals surface area contributed by atoms with Crippen LogP contribution in [-0.2, 0) is 35.6 Å². The number of anilines is 1. The van der Waals surface area contributed by atoms with Gasteiger partial charge in [0.25, 0.3) is 0 Å². The maximum absolute atomic E-state index is 12.9. The number of nitrogens with two attached hydrogens (primary N) is 1. The van der Waals surface area contributed by atoms with Crippen molar-refractivity contribution < 1.29 is 47.7 Å². The molecular weight excluding hydrogens is 1380 g/mol. The number of Topliss-reactive ketones (excluding diaryl/α,β-unsaturated/α-hetero) is 2. The number of carbonyl (C=O) groups excluding carboxylic acids is 6. The molecule has 77 heavy (non-hydrogen) atoms. The molecule has 420 valence electrons. The predicted molar refractivity (Wildman–Crippen MR) is 331 cm³/mol. The Balaban J connectivity index is 0.000000351. The summed E-state index contributed by atoms with van der Waals surface area (Å²) in [5.41, 5.74) is 6.10. The van der Waals surface area contributed by atoms with Crippen LogP contribution in [0.25, 0.3) is 20.7 Å². The van der Waals surface area contributed by atoms with E-state index < -0.39 is 29.7 Å². The van der Waals surface area contributed by atoms with Crippen molar-refractivity contribution in [1.82, 2.24) is 39.3 Å². The number of nitrogens with one attached hydrogen (secondary N) is 1. The summed E-state index contributed by atoms with van der Waals surface area (Å²) in [6.45, 7) is 7.74. The van der Waals surface area contributed by atoms with E-state index in [2.05, 4.69) is 71.9 Å². The highest BCUT2D eigenvalue weighted by Gasteiger charge is 2.27. The number of aryl methyl sites for hydroxylation is 1. The van der Waals surface area contributed by atoms with Gasteiger partial charge in [0.2, 0.25) is 16.6 Å². The molecule has 0 fully saturated rings. The first-order valence-electron chi connectivity index (χ1n) is 22.1. The molecule has 0 saturated carbocycles. The monoisotopic (exact) mass is 1440 g/mol. The molecule has 0 aliphatic carbocycles. The zero-order valence-corrected chi connectivity index (χ0v) is 54.8. The van der Waals surface area contributed by atoms with Crippen LogP contribution >= 0.6 is 130 Å². The van der Waals surface area contributed by atoms with Crippen LogP contribution in [0.15, 0.2) is 56.1 Å².